The molecular weight excluding hydrogens is 203 g/mol. The molecule has 2 rings (SSSR count). The Labute approximate surface area is 83.6 Å². The van der Waals surface area contributed by atoms with Crippen molar-refractivity contribution < 1.29 is 13.4 Å². The van der Waals surface area contributed by atoms with E-state index in [1.165, 1.54) is 18.2 Å². The van der Waals surface area contributed by atoms with Gasteiger partial charge >= 0.3 is 0 Å². The van der Waals surface area contributed by atoms with Gasteiger partial charge < -0.3 is 0 Å². The number of carbonyl (C=O) groups is 1. The molecule has 1 aliphatic rings. The Kier molecular flexibility index (Phi) is 2.23. The van der Waals surface area contributed by atoms with E-state index >= 15 is 0 Å². The van der Waals surface area contributed by atoms with E-state index in [9.17, 15) is 13.4 Å². The van der Waals surface area contributed by atoms with Crippen LogP contribution in [-0.4, -0.2) is 15.2 Å². The maximum atomic E-state index is 12.8. The van der Waals surface area contributed by atoms with Crippen LogP contribution in [0.15, 0.2) is 23.1 Å². The summed E-state index contributed by atoms with van der Waals surface area (Å²) in [6.45, 7) is 1.76. The van der Waals surface area contributed by atoms with E-state index in [-0.39, 0.29) is 23.0 Å². The van der Waals surface area contributed by atoms with Crippen molar-refractivity contribution in [2.45, 2.75) is 23.5 Å². The lowest BCUT2D eigenvalue weighted by Gasteiger charge is -2.19. The van der Waals surface area contributed by atoms with Crippen molar-refractivity contribution in [2.75, 3.05) is 0 Å². The number of hydrogen-bond acceptors (Lipinski definition) is 2. The topological polar surface area (TPSA) is 34.1 Å². The van der Waals surface area contributed by atoms with Gasteiger partial charge in [0.15, 0.2) is 5.78 Å². The monoisotopic (exact) mass is 212 g/mol. The molecule has 0 saturated carbocycles. The van der Waals surface area contributed by atoms with Crippen molar-refractivity contribution in [3.8, 4) is 0 Å². The first-order valence-electron chi connectivity index (χ1n) is 4.33. The van der Waals surface area contributed by atoms with E-state index in [1.54, 1.807) is 6.92 Å². The Bertz CT molecular complexity index is 428. The number of Topliss-reactive ketones (excluding diaryl/α,β-unsaturated/α-hetero) is 1. The molecule has 0 aliphatic carbocycles. The van der Waals surface area contributed by atoms with Crippen LogP contribution >= 0.6 is 0 Å². The second kappa shape index (κ2) is 3.28. The molecule has 1 aromatic carbocycles. The van der Waals surface area contributed by atoms with Crippen LogP contribution in [0, 0.1) is 5.82 Å². The van der Waals surface area contributed by atoms with Crippen LogP contribution in [0.1, 0.15) is 23.7 Å². The van der Waals surface area contributed by atoms with E-state index < -0.39 is 16.6 Å². The average Bonchev–Trinajstić information content (AvgIpc) is 2.14. The number of halogens is 1. The molecule has 2 unspecified atom stereocenters. The zero-order valence-corrected chi connectivity index (χ0v) is 8.44. The fourth-order valence-corrected chi connectivity index (χ4v) is 2.89. The summed E-state index contributed by atoms with van der Waals surface area (Å²) in [7, 11) is -1.18. The number of rotatable bonds is 0. The molecule has 2 nitrogen and oxygen atoms in total. The largest absolute Gasteiger partial charge is 0.294 e. The fraction of sp³-hybridized carbons (Fsp3) is 0.300. The maximum Gasteiger partial charge on any atom is 0.165 e. The van der Waals surface area contributed by atoms with E-state index in [2.05, 4.69) is 0 Å². The zero-order valence-electron chi connectivity index (χ0n) is 7.62. The minimum Gasteiger partial charge on any atom is -0.294 e. The third-order valence-corrected chi connectivity index (χ3v) is 3.98. The lowest BCUT2D eigenvalue weighted by molar-refractivity contribution is 0.0976. The predicted octanol–water partition coefficient (Wildman–Crippen LogP) is 1.91. The molecule has 1 aromatic rings. The summed E-state index contributed by atoms with van der Waals surface area (Å²) in [6, 6.07) is 3.85. The van der Waals surface area contributed by atoms with Gasteiger partial charge in [-0.3, -0.25) is 9.00 Å². The van der Waals surface area contributed by atoms with Crippen molar-refractivity contribution in [3.63, 3.8) is 0 Å². The Morgan fingerprint density at radius 1 is 1.50 bits per heavy atom. The van der Waals surface area contributed by atoms with Gasteiger partial charge in [0.1, 0.15) is 5.82 Å². The summed E-state index contributed by atoms with van der Waals surface area (Å²) in [4.78, 5) is 12.0. The second-order valence-corrected chi connectivity index (χ2v) is 5.22. The summed E-state index contributed by atoms with van der Waals surface area (Å²) in [5.74, 6) is -0.574. The molecule has 0 saturated heterocycles. The molecule has 0 amide bonds. The van der Waals surface area contributed by atoms with Gasteiger partial charge in [-0.05, 0) is 18.2 Å². The first-order valence-corrected chi connectivity index (χ1v) is 5.54. The van der Waals surface area contributed by atoms with E-state index in [0.29, 0.717) is 4.90 Å². The van der Waals surface area contributed by atoms with Gasteiger partial charge in [0.2, 0.25) is 0 Å². The first-order chi connectivity index (χ1) is 6.59. The van der Waals surface area contributed by atoms with Crippen molar-refractivity contribution in [2.24, 2.45) is 0 Å². The van der Waals surface area contributed by atoms with Gasteiger partial charge in [-0.2, -0.15) is 0 Å². The van der Waals surface area contributed by atoms with Crippen LogP contribution in [-0.2, 0) is 10.8 Å². The number of fused-ring (bicyclic) bond motifs is 1. The van der Waals surface area contributed by atoms with Crippen LogP contribution < -0.4 is 0 Å². The summed E-state index contributed by atoms with van der Waals surface area (Å²) >= 11 is 0. The van der Waals surface area contributed by atoms with Gasteiger partial charge in [-0.1, -0.05) is 6.92 Å². The van der Waals surface area contributed by atoms with Crippen LogP contribution in [0.2, 0.25) is 0 Å². The highest BCUT2D eigenvalue weighted by atomic mass is 32.2. The lowest BCUT2D eigenvalue weighted by Crippen LogP contribution is -2.24. The molecule has 0 N–H and O–H groups in total. The second-order valence-electron chi connectivity index (χ2n) is 3.38. The van der Waals surface area contributed by atoms with Crippen LogP contribution in [0.25, 0.3) is 0 Å². The van der Waals surface area contributed by atoms with Gasteiger partial charge in [0, 0.05) is 17.2 Å². The molecule has 0 aromatic heterocycles. The summed E-state index contributed by atoms with van der Waals surface area (Å²) in [6.07, 6.45) is 0.239. The third-order valence-electron chi connectivity index (χ3n) is 2.30. The SMILES string of the molecule is CC1CC(=O)c2cc(F)ccc2S1=O. The van der Waals surface area contributed by atoms with Crippen molar-refractivity contribution in [1.82, 2.24) is 0 Å². The van der Waals surface area contributed by atoms with Crippen molar-refractivity contribution in [3.05, 3.63) is 29.6 Å². The van der Waals surface area contributed by atoms with E-state index in [1.807, 2.05) is 0 Å². The van der Waals surface area contributed by atoms with Crippen molar-refractivity contribution in [1.29, 1.82) is 0 Å². The molecule has 74 valence electrons. The first kappa shape index (κ1) is 9.52. The Morgan fingerprint density at radius 2 is 2.21 bits per heavy atom. The fourth-order valence-electron chi connectivity index (χ4n) is 1.56. The van der Waals surface area contributed by atoms with E-state index in [4.69, 9.17) is 0 Å². The smallest absolute Gasteiger partial charge is 0.165 e. The highest BCUT2D eigenvalue weighted by Crippen LogP contribution is 2.26. The van der Waals surface area contributed by atoms with Gasteiger partial charge in [0.25, 0.3) is 0 Å². The summed E-state index contributed by atoms with van der Waals surface area (Å²) in [5.41, 5.74) is 0.279. The number of ketones is 1. The molecular formula is C10H9FO2S. The normalized spacial score (nSPS) is 26.0. The summed E-state index contributed by atoms with van der Waals surface area (Å²) < 4.78 is 24.6. The summed E-state index contributed by atoms with van der Waals surface area (Å²) in [5, 5.41) is -0.166. The molecule has 0 radical (unpaired) electrons. The third kappa shape index (κ3) is 1.39. The van der Waals surface area contributed by atoms with Crippen LogP contribution in [0.5, 0.6) is 0 Å². The number of hydrogen-bond donors (Lipinski definition) is 0. The molecule has 0 bridgehead atoms. The molecule has 0 fully saturated rings. The highest BCUT2D eigenvalue weighted by Gasteiger charge is 2.28. The molecule has 1 aliphatic heterocycles. The number of benzene rings is 1. The number of carbonyl (C=O) groups excluding carboxylic acids is 1. The zero-order chi connectivity index (χ0) is 10.3. The lowest BCUT2D eigenvalue weighted by atomic mass is 10.1. The molecule has 1 heterocycles. The minimum absolute atomic E-state index is 0.119. The molecule has 2 atom stereocenters. The van der Waals surface area contributed by atoms with Crippen molar-refractivity contribution >= 4 is 16.6 Å². The molecule has 0 spiro atoms. The van der Waals surface area contributed by atoms with E-state index in [0.717, 1.165) is 0 Å². The molecule has 4 heteroatoms. The highest BCUT2D eigenvalue weighted by molar-refractivity contribution is 7.86. The standard InChI is InChI=1S/C10H9FO2S/c1-6-4-9(12)8-5-7(11)2-3-10(8)14(6)13/h2-3,5-6H,4H2,1H3. The Hall–Kier alpha value is -1.03. The quantitative estimate of drug-likeness (QED) is 0.658. The van der Waals surface area contributed by atoms with Crippen LogP contribution in [0.4, 0.5) is 4.39 Å². The van der Waals surface area contributed by atoms with Gasteiger partial charge in [-0.25, -0.2) is 4.39 Å². The predicted molar refractivity (Wildman–Crippen MR) is 51.2 cm³/mol. The molecule has 14 heavy (non-hydrogen) atoms. The Balaban J connectivity index is 2.61. The average molecular weight is 212 g/mol. The minimum atomic E-state index is -1.18. The van der Waals surface area contributed by atoms with Gasteiger partial charge in [0.05, 0.1) is 15.7 Å². The van der Waals surface area contributed by atoms with Gasteiger partial charge in [-0.15, -0.1) is 0 Å². The maximum absolute atomic E-state index is 12.8. The Morgan fingerprint density at radius 3 is 2.93 bits per heavy atom. The van der Waals surface area contributed by atoms with Crippen LogP contribution in [0.3, 0.4) is 0 Å².